The lowest BCUT2D eigenvalue weighted by atomic mass is 10.2. The fraction of sp³-hybridized carbons (Fsp3) is 0.625. The van der Waals surface area contributed by atoms with Crippen molar-refractivity contribution in [3.8, 4) is 0 Å². The van der Waals surface area contributed by atoms with Crippen LogP contribution in [0.25, 0.3) is 0 Å². The van der Waals surface area contributed by atoms with Gasteiger partial charge in [-0.25, -0.2) is 0 Å². The zero-order chi connectivity index (χ0) is 11.1. The van der Waals surface area contributed by atoms with Gasteiger partial charge < -0.3 is 10.8 Å². The Morgan fingerprint density at radius 1 is 1.43 bits per heavy atom. The van der Waals surface area contributed by atoms with Crippen molar-refractivity contribution in [2.75, 3.05) is 5.75 Å². The molecule has 0 saturated carbocycles. The molecule has 0 aliphatic carbocycles. The Balaban J connectivity index is 3.52. The maximum absolute atomic E-state index is 10.8. The van der Waals surface area contributed by atoms with Crippen LogP contribution < -0.4 is 5.73 Å². The van der Waals surface area contributed by atoms with Gasteiger partial charge in [0, 0.05) is 12.7 Å². The average Bonchev–Trinajstić information content (AvgIpc) is 2.11. The molecule has 0 aliphatic rings. The summed E-state index contributed by atoms with van der Waals surface area (Å²) in [4.78, 5) is 31.6. The molecule has 5 nitrogen and oxygen atoms in total. The van der Waals surface area contributed by atoms with Gasteiger partial charge in [0.25, 0.3) is 5.12 Å². The predicted octanol–water partition coefficient (Wildman–Crippen LogP) is 0.0273. The number of ketones is 1. The summed E-state index contributed by atoms with van der Waals surface area (Å²) in [6, 6.07) is -0.886. The highest BCUT2D eigenvalue weighted by molar-refractivity contribution is 8.15. The van der Waals surface area contributed by atoms with Crippen LogP contribution in [0.2, 0.25) is 0 Å². The third kappa shape index (κ3) is 5.71. The number of carboxylic acid groups (broad SMARTS) is 1. The number of carbonyl (C=O) groups excluding carboxylic acids is 2. The lowest BCUT2D eigenvalue weighted by Gasteiger charge is -2.04. The monoisotopic (exact) mass is 219 g/mol. The Hall–Kier alpha value is -0.880. The second-order valence-corrected chi connectivity index (χ2v) is 3.85. The Kier molecular flexibility index (Phi) is 6.14. The van der Waals surface area contributed by atoms with Gasteiger partial charge in [0.1, 0.15) is 6.04 Å². The van der Waals surface area contributed by atoms with Gasteiger partial charge in [-0.3, -0.25) is 14.4 Å². The maximum Gasteiger partial charge on any atom is 0.320 e. The van der Waals surface area contributed by atoms with Crippen LogP contribution in [-0.2, 0) is 14.4 Å². The van der Waals surface area contributed by atoms with E-state index in [1.807, 2.05) is 0 Å². The molecule has 0 saturated heterocycles. The molecule has 0 fully saturated rings. The second-order valence-electron chi connectivity index (χ2n) is 2.78. The number of carbonyl (C=O) groups is 3. The molecule has 0 heterocycles. The molecule has 1 atom stereocenters. The SMILES string of the molecule is CC(=O)C(=O)SCCCC(N)C(=O)O. The van der Waals surface area contributed by atoms with Gasteiger partial charge >= 0.3 is 5.97 Å². The summed E-state index contributed by atoms with van der Waals surface area (Å²) in [5.74, 6) is -1.11. The molecule has 0 aromatic rings. The van der Waals surface area contributed by atoms with E-state index in [1.54, 1.807) is 0 Å². The summed E-state index contributed by atoms with van der Waals surface area (Å²) in [6.07, 6.45) is 0.824. The minimum absolute atomic E-state index is 0.313. The minimum Gasteiger partial charge on any atom is -0.480 e. The second kappa shape index (κ2) is 6.56. The molecule has 6 heteroatoms. The standard InChI is InChI=1S/C8H13NO4S/c1-5(10)8(13)14-4-2-3-6(9)7(11)12/h6H,2-4,9H2,1H3,(H,11,12). The highest BCUT2D eigenvalue weighted by Crippen LogP contribution is 2.07. The first kappa shape index (κ1) is 13.1. The van der Waals surface area contributed by atoms with Gasteiger partial charge in [0.2, 0.25) is 5.78 Å². The topological polar surface area (TPSA) is 97.5 Å². The molecule has 0 aromatic heterocycles. The Morgan fingerprint density at radius 3 is 2.43 bits per heavy atom. The van der Waals surface area contributed by atoms with E-state index in [0.717, 1.165) is 11.8 Å². The molecule has 0 rings (SSSR count). The molecule has 0 aromatic carbocycles. The molecule has 0 radical (unpaired) electrons. The molecular formula is C8H13NO4S. The van der Waals surface area contributed by atoms with E-state index < -0.39 is 22.9 Å². The first-order valence-corrected chi connectivity index (χ1v) is 5.09. The van der Waals surface area contributed by atoms with E-state index in [1.165, 1.54) is 6.92 Å². The van der Waals surface area contributed by atoms with E-state index >= 15 is 0 Å². The van der Waals surface area contributed by atoms with Crippen molar-refractivity contribution in [2.24, 2.45) is 5.73 Å². The highest BCUT2D eigenvalue weighted by Gasteiger charge is 2.12. The van der Waals surface area contributed by atoms with Gasteiger partial charge in [0.05, 0.1) is 0 Å². The molecule has 0 aliphatic heterocycles. The normalized spacial score (nSPS) is 12.1. The van der Waals surface area contributed by atoms with E-state index in [2.05, 4.69) is 0 Å². The molecule has 14 heavy (non-hydrogen) atoms. The summed E-state index contributed by atoms with van der Waals surface area (Å²) in [5.41, 5.74) is 5.23. The van der Waals surface area contributed by atoms with Gasteiger partial charge in [0.15, 0.2) is 0 Å². The van der Waals surface area contributed by atoms with Crippen LogP contribution in [0.3, 0.4) is 0 Å². The van der Waals surface area contributed by atoms with E-state index in [9.17, 15) is 14.4 Å². The Morgan fingerprint density at radius 2 is 2.00 bits per heavy atom. The van der Waals surface area contributed by atoms with E-state index in [4.69, 9.17) is 10.8 Å². The number of Topliss-reactive ketones (excluding diaryl/α,β-unsaturated/α-hetero) is 1. The zero-order valence-corrected chi connectivity index (χ0v) is 8.67. The van der Waals surface area contributed by atoms with Crippen molar-refractivity contribution in [1.29, 1.82) is 0 Å². The van der Waals surface area contributed by atoms with Crippen LogP contribution in [-0.4, -0.2) is 33.8 Å². The lowest BCUT2D eigenvalue weighted by Crippen LogP contribution is -2.29. The fourth-order valence-electron chi connectivity index (χ4n) is 0.693. The zero-order valence-electron chi connectivity index (χ0n) is 7.86. The fourth-order valence-corrected chi connectivity index (χ4v) is 1.39. The summed E-state index contributed by atoms with van der Waals surface area (Å²) in [6.45, 7) is 1.21. The smallest absolute Gasteiger partial charge is 0.320 e. The summed E-state index contributed by atoms with van der Waals surface area (Å²) >= 11 is 0.901. The number of nitrogens with two attached hydrogens (primary N) is 1. The number of thioether (sulfide) groups is 1. The van der Waals surface area contributed by atoms with Crippen molar-refractivity contribution in [2.45, 2.75) is 25.8 Å². The Bertz CT molecular complexity index is 241. The van der Waals surface area contributed by atoms with Gasteiger partial charge in [-0.05, 0) is 12.8 Å². The van der Waals surface area contributed by atoms with E-state index in [-0.39, 0.29) is 0 Å². The summed E-state index contributed by atoms with van der Waals surface area (Å²) in [5, 5.41) is 7.93. The average molecular weight is 219 g/mol. The first-order chi connectivity index (χ1) is 6.45. The molecule has 1 unspecified atom stereocenters. The molecule has 0 bridgehead atoms. The van der Waals surface area contributed by atoms with Crippen LogP contribution in [0.1, 0.15) is 19.8 Å². The highest BCUT2D eigenvalue weighted by atomic mass is 32.2. The molecule has 0 spiro atoms. The first-order valence-electron chi connectivity index (χ1n) is 4.11. The van der Waals surface area contributed by atoms with Gasteiger partial charge in [-0.15, -0.1) is 0 Å². The van der Waals surface area contributed by atoms with Crippen molar-refractivity contribution < 1.29 is 19.5 Å². The van der Waals surface area contributed by atoms with Crippen molar-refractivity contribution in [3.05, 3.63) is 0 Å². The number of rotatable bonds is 6. The largest absolute Gasteiger partial charge is 0.480 e. The molecular weight excluding hydrogens is 206 g/mol. The maximum atomic E-state index is 10.8. The predicted molar refractivity (Wildman–Crippen MR) is 53.0 cm³/mol. The van der Waals surface area contributed by atoms with Crippen LogP contribution in [0.5, 0.6) is 0 Å². The van der Waals surface area contributed by atoms with E-state index in [0.29, 0.717) is 18.6 Å². The Labute approximate surface area is 86.0 Å². The number of aliphatic carboxylic acids is 1. The molecule has 0 amide bonds. The van der Waals surface area contributed by atoms with Crippen LogP contribution in [0.4, 0.5) is 0 Å². The minimum atomic E-state index is -1.05. The van der Waals surface area contributed by atoms with Crippen molar-refractivity contribution >= 4 is 28.6 Å². The van der Waals surface area contributed by atoms with Gasteiger partial charge in [-0.1, -0.05) is 11.8 Å². The quantitative estimate of drug-likeness (QED) is 0.483. The summed E-state index contributed by atoms with van der Waals surface area (Å²) in [7, 11) is 0. The van der Waals surface area contributed by atoms with Crippen LogP contribution in [0, 0.1) is 0 Å². The summed E-state index contributed by atoms with van der Waals surface area (Å²) < 4.78 is 0. The molecule has 80 valence electrons. The van der Waals surface area contributed by atoms with Crippen LogP contribution in [0.15, 0.2) is 0 Å². The number of hydrogen-bond donors (Lipinski definition) is 2. The van der Waals surface area contributed by atoms with Gasteiger partial charge in [-0.2, -0.15) is 0 Å². The van der Waals surface area contributed by atoms with Crippen molar-refractivity contribution in [1.82, 2.24) is 0 Å². The third-order valence-corrected chi connectivity index (χ3v) is 2.54. The van der Waals surface area contributed by atoms with Crippen LogP contribution >= 0.6 is 11.8 Å². The third-order valence-electron chi connectivity index (χ3n) is 1.50. The lowest BCUT2D eigenvalue weighted by molar-refractivity contribution is -0.138. The number of hydrogen-bond acceptors (Lipinski definition) is 5. The number of carboxylic acids is 1. The molecule has 3 N–H and O–H groups in total. The van der Waals surface area contributed by atoms with Crippen molar-refractivity contribution in [3.63, 3.8) is 0 Å².